The zero-order valence-corrected chi connectivity index (χ0v) is 24.1. The Morgan fingerprint density at radius 1 is 1.21 bits per heavy atom. The maximum absolute atomic E-state index is 14.6. The average Bonchev–Trinajstić information content (AvgIpc) is 3.46. The topological polar surface area (TPSA) is 90.4 Å². The third-order valence-corrected chi connectivity index (χ3v) is 8.88. The summed E-state index contributed by atoms with van der Waals surface area (Å²) in [4.78, 5) is 47.4. The summed E-state index contributed by atoms with van der Waals surface area (Å²) in [5, 5.41) is 10.9. The number of fused-ring (bicyclic) bond motifs is 1. The van der Waals surface area contributed by atoms with Gasteiger partial charge in [-0.3, -0.25) is 14.4 Å². The largest absolute Gasteiger partial charge is 0.394 e. The van der Waals surface area contributed by atoms with E-state index in [0.717, 1.165) is 0 Å². The van der Waals surface area contributed by atoms with E-state index in [1.807, 2.05) is 20.8 Å². The zero-order chi connectivity index (χ0) is 28.7. The maximum atomic E-state index is 14.6. The lowest BCUT2D eigenvalue weighted by atomic mass is 9.66. The van der Waals surface area contributed by atoms with Gasteiger partial charge in [0, 0.05) is 20.1 Å². The van der Waals surface area contributed by atoms with Crippen LogP contribution in [0.2, 0.25) is 5.02 Å². The minimum absolute atomic E-state index is 0.155. The number of para-hydroxylation sites is 1. The van der Waals surface area contributed by atoms with Crippen molar-refractivity contribution in [2.45, 2.75) is 63.3 Å². The zero-order valence-electron chi connectivity index (χ0n) is 23.3. The number of rotatable bonds is 11. The Hall–Kier alpha value is -2.68. The molecule has 3 saturated heterocycles. The Kier molecular flexibility index (Phi) is 8.31. The number of likely N-dealkylation sites (N-methyl/N-ethyl adjacent to an activating group) is 1. The monoisotopic (exact) mass is 557 g/mol. The third kappa shape index (κ3) is 4.70. The van der Waals surface area contributed by atoms with Crippen LogP contribution in [-0.4, -0.2) is 82.7 Å². The molecule has 3 heterocycles. The Labute approximate surface area is 236 Å². The fourth-order valence-corrected chi connectivity index (χ4v) is 7.25. The van der Waals surface area contributed by atoms with Crippen LogP contribution in [0.4, 0.5) is 5.69 Å². The van der Waals surface area contributed by atoms with E-state index >= 15 is 0 Å². The van der Waals surface area contributed by atoms with E-state index in [1.165, 1.54) is 9.80 Å². The fraction of sp³-hybridized carbons (Fsp3) is 0.567. The number of anilines is 1. The molecule has 1 N–H and O–H groups in total. The fourth-order valence-electron chi connectivity index (χ4n) is 7.01. The first-order valence-electron chi connectivity index (χ1n) is 13.6. The van der Waals surface area contributed by atoms with Crippen LogP contribution in [-0.2, 0) is 19.1 Å². The van der Waals surface area contributed by atoms with Crippen LogP contribution in [0, 0.1) is 17.8 Å². The first-order valence-corrected chi connectivity index (χ1v) is 14.0. The molecule has 2 bridgehead atoms. The highest BCUT2D eigenvalue weighted by atomic mass is 35.5. The Morgan fingerprint density at radius 3 is 2.46 bits per heavy atom. The molecule has 9 heteroatoms. The number of halogens is 1. The summed E-state index contributed by atoms with van der Waals surface area (Å²) in [5.41, 5.74) is -1.60. The van der Waals surface area contributed by atoms with Gasteiger partial charge in [0.1, 0.15) is 11.6 Å². The molecule has 8 nitrogen and oxygen atoms in total. The molecule has 1 aromatic rings. The van der Waals surface area contributed by atoms with Crippen molar-refractivity contribution in [1.82, 2.24) is 9.80 Å². The number of hydrogen-bond donors (Lipinski definition) is 1. The number of aliphatic hydroxyl groups excluding tert-OH is 1. The van der Waals surface area contributed by atoms with Gasteiger partial charge in [-0.15, -0.1) is 13.2 Å². The molecule has 0 saturated carbocycles. The van der Waals surface area contributed by atoms with Gasteiger partial charge in [-0.25, -0.2) is 0 Å². The van der Waals surface area contributed by atoms with Crippen molar-refractivity contribution in [3.63, 3.8) is 0 Å². The highest BCUT2D eigenvalue weighted by Gasteiger charge is 2.78. The minimum Gasteiger partial charge on any atom is -0.394 e. The molecule has 0 radical (unpaired) electrons. The van der Waals surface area contributed by atoms with E-state index in [9.17, 15) is 19.5 Å². The van der Waals surface area contributed by atoms with Gasteiger partial charge >= 0.3 is 0 Å². The number of likely N-dealkylation sites (tertiary alicyclic amines) is 1. The molecular formula is C30H40ClN3O5. The summed E-state index contributed by atoms with van der Waals surface area (Å²) in [5.74, 6) is -2.33. The van der Waals surface area contributed by atoms with Gasteiger partial charge in [0.2, 0.25) is 11.8 Å². The van der Waals surface area contributed by atoms with Crippen molar-refractivity contribution in [3.8, 4) is 0 Å². The molecule has 1 aromatic carbocycles. The number of carbonyl (C=O) groups excluding carboxylic acids is 3. The van der Waals surface area contributed by atoms with Gasteiger partial charge in [-0.2, -0.15) is 0 Å². The van der Waals surface area contributed by atoms with E-state index in [2.05, 4.69) is 13.2 Å². The van der Waals surface area contributed by atoms with Crippen molar-refractivity contribution >= 4 is 35.0 Å². The quantitative estimate of drug-likeness (QED) is 0.419. The molecule has 3 aliphatic heterocycles. The second kappa shape index (κ2) is 11.1. The summed E-state index contributed by atoms with van der Waals surface area (Å²) in [7, 11) is 1.68. The molecule has 2 unspecified atom stereocenters. The number of nitrogens with zero attached hydrogens (tertiary/aromatic N) is 3. The van der Waals surface area contributed by atoms with Gasteiger partial charge in [0.25, 0.3) is 5.91 Å². The normalized spacial score (nSPS) is 29.9. The number of hydrogen-bond acceptors (Lipinski definition) is 5. The van der Waals surface area contributed by atoms with Gasteiger partial charge in [-0.1, -0.05) is 49.7 Å². The predicted molar refractivity (Wildman–Crippen MR) is 151 cm³/mol. The highest BCUT2D eigenvalue weighted by molar-refractivity contribution is 6.34. The van der Waals surface area contributed by atoms with Crippen molar-refractivity contribution < 1.29 is 24.2 Å². The number of benzene rings is 1. The number of ether oxygens (including phenoxy) is 1. The van der Waals surface area contributed by atoms with Gasteiger partial charge < -0.3 is 24.5 Å². The molecule has 1 spiro atoms. The second-order valence-electron chi connectivity index (χ2n) is 11.6. The van der Waals surface area contributed by atoms with E-state index in [-0.39, 0.29) is 36.8 Å². The van der Waals surface area contributed by atoms with Crippen LogP contribution in [0.15, 0.2) is 49.6 Å². The van der Waals surface area contributed by atoms with E-state index in [4.69, 9.17) is 16.3 Å². The van der Waals surface area contributed by atoms with Crippen molar-refractivity contribution in [1.29, 1.82) is 0 Å². The van der Waals surface area contributed by atoms with Crippen LogP contribution >= 0.6 is 11.6 Å². The molecule has 6 atom stereocenters. The molecule has 0 aromatic heterocycles. The molecule has 4 rings (SSSR count). The SMILES string of the molecule is C=CCN(C)C(=O)[C@@H]1[C@H]2C(=O)N([C@@H](CO)CC(C)C)C(C(=O)N(CC=C)c3ccccc3Cl)C23CC[C@@]1(C)O3. The van der Waals surface area contributed by atoms with E-state index in [1.54, 1.807) is 48.4 Å². The number of amides is 3. The molecule has 3 amide bonds. The summed E-state index contributed by atoms with van der Waals surface area (Å²) in [6, 6.07) is 5.39. The van der Waals surface area contributed by atoms with Crippen molar-refractivity contribution in [3.05, 3.63) is 54.6 Å². The van der Waals surface area contributed by atoms with Crippen molar-refractivity contribution in [2.75, 3.05) is 31.6 Å². The Balaban J connectivity index is 1.87. The first kappa shape index (κ1) is 29.3. The Bertz CT molecular complexity index is 1160. The van der Waals surface area contributed by atoms with Crippen LogP contribution < -0.4 is 4.90 Å². The molecule has 0 aliphatic carbocycles. The van der Waals surface area contributed by atoms with Crippen LogP contribution in [0.1, 0.15) is 40.0 Å². The lowest BCUT2D eigenvalue weighted by molar-refractivity contribution is -0.151. The van der Waals surface area contributed by atoms with E-state index in [0.29, 0.717) is 36.5 Å². The summed E-state index contributed by atoms with van der Waals surface area (Å²) in [6.45, 7) is 13.6. The van der Waals surface area contributed by atoms with Crippen LogP contribution in [0.5, 0.6) is 0 Å². The lowest BCUT2D eigenvalue weighted by Gasteiger charge is -2.40. The lowest BCUT2D eigenvalue weighted by Crippen LogP contribution is -2.59. The van der Waals surface area contributed by atoms with Crippen LogP contribution in [0.25, 0.3) is 0 Å². The molecule has 3 aliphatic rings. The standard InChI is InChI=1S/C30H40ClN3O5/c1-7-15-32(6)26(36)23-24-27(37)34(20(18-35)17-19(3)4)25(30(24)14-13-29(23,5)39-30)28(38)33(16-8-2)22-12-10-9-11-21(22)31/h7-12,19-20,23-25,35H,1-2,13-18H2,3-6H3/t20-,23+,24+,25?,29-,30?/m1/s1. The van der Waals surface area contributed by atoms with Crippen molar-refractivity contribution in [2.24, 2.45) is 17.8 Å². The molecule has 39 heavy (non-hydrogen) atoms. The van der Waals surface area contributed by atoms with Gasteiger partial charge in [0.05, 0.1) is 40.8 Å². The minimum atomic E-state index is -1.21. The second-order valence-corrected chi connectivity index (χ2v) is 12.0. The molecular weight excluding hydrogens is 518 g/mol. The summed E-state index contributed by atoms with van der Waals surface area (Å²) >= 11 is 6.53. The summed E-state index contributed by atoms with van der Waals surface area (Å²) in [6.07, 6.45) is 4.73. The average molecular weight is 558 g/mol. The summed E-state index contributed by atoms with van der Waals surface area (Å²) < 4.78 is 6.74. The van der Waals surface area contributed by atoms with Crippen LogP contribution in [0.3, 0.4) is 0 Å². The van der Waals surface area contributed by atoms with Gasteiger partial charge in [0.15, 0.2) is 0 Å². The molecule has 3 fully saturated rings. The third-order valence-electron chi connectivity index (χ3n) is 8.56. The Morgan fingerprint density at radius 2 is 1.87 bits per heavy atom. The van der Waals surface area contributed by atoms with E-state index < -0.39 is 35.1 Å². The number of aliphatic hydroxyl groups is 1. The molecule has 212 valence electrons. The first-order chi connectivity index (χ1) is 18.5. The highest BCUT2D eigenvalue weighted by Crippen LogP contribution is 2.64. The predicted octanol–water partition coefficient (Wildman–Crippen LogP) is 3.68. The smallest absolute Gasteiger partial charge is 0.253 e. The maximum Gasteiger partial charge on any atom is 0.253 e. The number of carbonyl (C=O) groups is 3. The van der Waals surface area contributed by atoms with Gasteiger partial charge in [-0.05, 0) is 44.2 Å².